The predicted molar refractivity (Wildman–Crippen MR) is 58.5 cm³/mol. The van der Waals surface area contributed by atoms with Crippen molar-refractivity contribution >= 4 is 5.71 Å². The Kier molecular flexibility index (Phi) is 1.89. The first-order valence-corrected chi connectivity index (χ1v) is 5.88. The zero-order chi connectivity index (χ0) is 9.54. The summed E-state index contributed by atoms with van der Waals surface area (Å²) < 4.78 is 0. The number of allylic oxidation sites excluding steroid dienone is 2. The lowest BCUT2D eigenvalue weighted by Gasteiger charge is -2.35. The molecule has 3 rings (SSSR count). The fourth-order valence-electron chi connectivity index (χ4n) is 2.96. The van der Waals surface area contributed by atoms with Gasteiger partial charge in [-0.1, -0.05) is 12.8 Å². The molecule has 1 N–H and O–H groups in total. The third kappa shape index (κ3) is 1.20. The van der Waals surface area contributed by atoms with Crippen LogP contribution in [0.25, 0.3) is 0 Å². The van der Waals surface area contributed by atoms with Gasteiger partial charge in [-0.2, -0.15) is 0 Å². The molecule has 3 aliphatic rings. The first-order chi connectivity index (χ1) is 6.84. The van der Waals surface area contributed by atoms with Gasteiger partial charge in [-0.3, -0.25) is 4.99 Å². The average Bonchev–Trinajstić information content (AvgIpc) is 2.57. The van der Waals surface area contributed by atoms with Crippen LogP contribution < -0.4 is 5.32 Å². The van der Waals surface area contributed by atoms with E-state index in [4.69, 9.17) is 4.99 Å². The zero-order valence-electron chi connectivity index (χ0n) is 8.84. The van der Waals surface area contributed by atoms with Gasteiger partial charge in [0, 0.05) is 6.04 Å². The average molecular weight is 190 g/mol. The molecule has 2 nitrogen and oxygen atoms in total. The fourth-order valence-corrected chi connectivity index (χ4v) is 2.96. The first-order valence-electron chi connectivity index (χ1n) is 5.88. The Morgan fingerprint density at radius 3 is 3.00 bits per heavy atom. The van der Waals surface area contributed by atoms with E-state index in [1.165, 1.54) is 55.5 Å². The Balaban J connectivity index is 1.93. The number of nitrogens with one attached hydrogen (secondary N) is 1. The molecule has 0 bridgehead atoms. The quantitative estimate of drug-likeness (QED) is 0.623. The molecule has 0 saturated heterocycles. The van der Waals surface area contributed by atoms with Crippen LogP contribution in [0.2, 0.25) is 0 Å². The first kappa shape index (κ1) is 8.51. The lowest BCUT2D eigenvalue weighted by molar-refractivity contribution is 0.342. The molecule has 0 amide bonds. The monoisotopic (exact) mass is 190 g/mol. The molecule has 1 fully saturated rings. The van der Waals surface area contributed by atoms with Crippen LogP contribution in [0.1, 0.15) is 45.4 Å². The molecule has 76 valence electrons. The van der Waals surface area contributed by atoms with E-state index in [2.05, 4.69) is 12.2 Å². The lowest BCUT2D eigenvalue weighted by Crippen LogP contribution is -2.46. The Morgan fingerprint density at radius 1 is 1.21 bits per heavy atom. The lowest BCUT2D eigenvalue weighted by atomic mass is 9.89. The highest BCUT2D eigenvalue weighted by Gasteiger charge is 2.32. The van der Waals surface area contributed by atoms with E-state index in [-0.39, 0.29) is 0 Å². The maximum atomic E-state index is 4.91. The molecular formula is C12H18N2. The highest BCUT2D eigenvalue weighted by molar-refractivity contribution is 6.03. The molecule has 1 aliphatic heterocycles. The molecule has 2 unspecified atom stereocenters. The Labute approximate surface area is 85.5 Å². The van der Waals surface area contributed by atoms with Crippen molar-refractivity contribution in [1.82, 2.24) is 5.32 Å². The number of aliphatic imine (C=N–C) groups is 1. The maximum Gasteiger partial charge on any atom is 0.0704 e. The van der Waals surface area contributed by atoms with Gasteiger partial charge in [-0.05, 0) is 38.2 Å². The highest BCUT2D eigenvalue weighted by atomic mass is 15.1. The van der Waals surface area contributed by atoms with Crippen molar-refractivity contribution in [2.24, 2.45) is 4.99 Å². The number of hydrogen-bond donors (Lipinski definition) is 1. The van der Waals surface area contributed by atoms with E-state index in [0.717, 1.165) is 0 Å². The normalized spacial score (nSPS) is 35.9. The van der Waals surface area contributed by atoms with Gasteiger partial charge in [0.2, 0.25) is 0 Å². The molecule has 2 aliphatic carbocycles. The van der Waals surface area contributed by atoms with Crippen molar-refractivity contribution in [3.8, 4) is 0 Å². The summed E-state index contributed by atoms with van der Waals surface area (Å²) in [5.41, 5.74) is 4.28. The number of nitrogens with zero attached hydrogens (tertiary/aromatic N) is 1. The van der Waals surface area contributed by atoms with Gasteiger partial charge < -0.3 is 5.32 Å². The van der Waals surface area contributed by atoms with Gasteiger partial charge in [0.05, 0.1) is 17.5 Å². The van der Waals surface area contributed by atoms with Crippen molar-refractivity contribution < 1.29 is 0 Å². The van der Waals surface area contributed by atoms with Crippen molar-refractivity contribution in [2.45, 2.75) is 57.5 Å². The third-order valence-electron chi connectivity index (χ3n) is 3.83. The van der Waals surface area contributed by atoms with E-state index in [9.17, 15) is 0 Å². The van der Waals surface area contributed by atoms with E-state index in [1.54, 1.807) is 0 Å². The molecular weight excluding hydrogens is 172 g/mol. The van der Waals surface area contributed by atoms with Crippen LogP contribution in [0.3, 0.4) is 0 Å². The standard InChI is InChI=1S/C12H18N2/c1-8-6-7-11-12(8)14-10-5-3-2-4-9(10)13-11/h9-10,14H,2-7H2,1H3. The summed E-state index contributed by atoms with van der Waals surface area (Å²) in [5, 5.41) is 3.72. The molecule has 1 saturated carbocycles. The Bertz CT molecular complexity index is 314. The smallest absolute Gasteiger partial charge is 0.0704 e. The number of fused-ring (bicyclic) bond motifs is 2. The molecule has 1 heterocycles. The van der Waals surface area contributed by atoms with Crippen LogP contribution in [-0.4, -0.2) is 17.8 Å². The molecule has 0 radical (unpaired) electrons. The maximum absolute atomic E-state index is 4.91. The molecule has 14 heavy (non-hydrogen) atoms. The van der Waals surface area contributed by atoms with Gasteiger partial charge in [0.1, 0.15) is 0 Å². The van der Waals surface area contributed by atoms with E-state index in [1.807, 2.05) is 0 Å². The number of rotatable bonds is 0. The zero-order valence-corrected chi connectivity index (χ0v) is 8.84. The van der Waals surface area contributed by atoms with Gasteiger partial charge >= 0.3 is 0 Å². The SMILES string of the molecule is CC1=C2NC3CCCCC3N=C2CC1. The predicted octanol–water partition coefficient (Wildman–Crippen LogP) is 2.41. The summed E-state index contributed by atoms with van der Waals surface area (Å²) in [5.74, 6) is 0. The Morgan fingerprint density at radius 2 is 2.07 bits per heavy atom. The molecule has 0 aromatic rings. The van der Waals surface area contributed by atoms with E-state index in [0.29, 0.717) is 12.1 Å². The Hall–Kier alpha value is -0.790. The van der Waals surface area contributed by atoms with Gasteiger partial charge in [0.15, 0.2) is 0 Å². The number of hydrogen-bond acceptors (Lipinski definition) is 2. The van der Waals surface area contributed by atoms with E-state index < -0.39 is 0 Å². The second-order valence-electron chi connectivity index (χ2n) is 4.83. The minimum Gasteiger partial charge on any atom is -0.379 e. The largest absolute Gasteiger partial charge is 0.379 e. The van der Waals surface area contributed by atoms with Gasteiger partial charge in [-0.25, -0.2) is 0 Å². The molecule has 2 atom stereocenters. The molecule has 2 heteroatoms. The minimum absolute atomic E-state index is 0.591. The molecule has 0 aromatic carbocycles. The third-order valence-corrected chi connectivity index (χ3v) is 3.83. The fraction of sp³-hybridized carbons (Fsp3) is 0.750. The summed E-state index contributed by atoms with van der Waals surface area (Å²) >= 11 is 0. The second kappa shape index (κ2) is 3.11. The summed E-state index contributed by atoms with van der Waals surface area (Å²) in [6.45, 7) is 2.24. The summed E-state index contributed by atoms with van der Waals surface area (Å²) in [4.78, 5) is 4.91. The van der Waals surface area contributed by atoms with Crippen LogP contribution in [0.4, 0.5) is 0 Å². The molecule has 0 aromatic heterocycles. The minimum atomic E-state index is 0.591. The molecule has 0 spiro atoms. The van der Waals surface area contributed by atoms with Crippen molar-refractivity contribution in [3.63, 3.8) is 0 Å². The summed E-state index contributed by atoms with van der Waals surface area (Å²) in [7, 11) is 0. The highest BCUT2D eigenvalue weighted by Crippen LogP contribution is 2.31. The van der Waals surface area contributed by atoms with Gasteiger partial charge in [0.25, 0.3) is 0 Å². The van der Waals surface area contributed by atoms with Crippen LogP contribution in [0, 0.1) is 0 Å². The summed E-state index contributed by atoms with van der Waals surface area (Å²) in [6.07, 6.45) is 7.77. The van der Waals surface area contributed by atoms with E-state index >= 15 is 0 Å². The van der Waals surface area contributed by atoms with Crippen LogP contribution in [0.15, 0.2) is 16.3 Å². The summed E-state index contributed by atoms with van der Waals surface area (Å²) in [6, 6.07) is 1.24. The van der Waals surface area contributed by atoms with Crippen molar-refractivity contribution in [2.75, 3.05) is 0 Å². The van der Waals surface area contributed by atoms with Crippen LogP contribution >= 0.6 is 0 Å². The van der Waals surface area contributed by atoms with Crippen molar-refractivity contribution in [3.05, 3.63) is 11.3 Å². The van der Waals surface area contributed by atoms with Crippen molar-refractivity contribution in [1.29, 1.82) is 0 Å². The van der Waals surface area contributed by atoms with Crippen LogP contribution in [0.5, 0.6) is 0 Å². The second-order valence-corrected chi connectivity index (χ2v) is 4.83. The van der Waals surface area contributed by atoms with Crippen LogP contribution in [-0.2, 0) is 0 Å². The van der Waals surface area contributed by atoms with Gasteiger partial charge in [-0.15, -0.1) is 0 Å². The topological polar surface area (TPSA) is 24.4 Å².